The predicted octanol–water partition coefficient (Wildman–Crippen LogP) is 6.05. The number of methoxy groups -OCH3 is 2. The van der Waals surface area contributed by atoms with Crippen LogP contribution in [0.15, 0.2) is 97.8 Å². The topological polar surface area (TPSA) is 104 Å². The molecule has 0 N–H and O–H groups in total. The lowest BCUT2D eigenvalue weighted by molar-refractivity contribution is -0.122. The fourth-order valence-corrected chi connectivity index (χ4v) is 4.76. The summed E-state index contributed by atoms with van der Waals surface area (Å²) in [6, 6.07) is 21.6. The van der Waals surface area contributed by atoms with Crippen molar-refractivity contribution in [1.29, 1.82) is 0 Å². The summed E-state index contributed by atoms with van der Waals surface area (Å²) in [6.45, 7) is 0.353. The number of thioether (sulfide) groups is 1. The van der Waals surface area contributed by atoms with E-state index in [4.69, 9.17) is 23.3 Å². The summed E-state index contributed by atoms with van der Waals surface area (Å²) in [6.07, 6.45) is 3.37. The molecule has 2 aromatic heterocycles. The molecule has 1 aliphatic rings. The molecule has 4 aromatic rings. The Kier molecular flexibility index (Phi) is 7.83. The lowest BCUT2D eigenvalue weighted by Crippen LogP contribution is -2.28. The summed E-state index contributed by atoms with van der Waals surface area (Å²) >= 11 is 1.29. The normalized spacial score (nSPS) is 15.2. The van der Waals surface area contributed by atoms with Crippen molar-refractivity contribution in [3.63, 3.8) is 0 Å². The monoisotopic (exact) mass is 544 g/mol. The summed E-state index contributed by atoms with van der Waals surface area (Å²) in [4.78, 5) is 31.8. The number of para-hydroxylation sites is 1. The molecule has 0 atom stereocenters. The molecule has 10 heteroatoms. The van der Waals surface area contributed by atoms with Gasteiger partial charge >= 0.3 is 5.97 Å². The molecule has 39 heavy (non-hydrogen) atoms. The maximum atomic E-state index is 13.4. The number of furan rings is 2. The maximum absolute atomic E-state index is 13.4. The molecule has 0 radical (unpaired) electrons. The number of amides is 1. The number of hydrogen-bond donors (Lipinski definition) is 0. The third kappa shape index (κ3) is 6.07. The number of rotatable bonds is 9. The van der Waals surface area contributed by atoms with Crippen LogP contribution in [0.2, 0.25) is 0 Å². The highest BCUT2D eigenvalue weighted by Gasteiger charge is 2.34. The van der Waals surface area contributed by atoms with E-state index in [1.807, 2.05) is 42.5 Å². The van der Waals surface area contributed by atoms with Crippen LogP contribution in [0.1, 0.15) is 27.6 Å². The van der Waals surface area contributed by atoms with Gasteiger partial charge in [0, 0.05) is 0 Å². The van der Waals surface area contributed by atoms with Crippen molar-refractivity contribution in [2.75, 3.05) is 14.2 Å². The van der Waals surface area contributed by atoms with Gasteiger partial charge in [0.25, 0.3) is 5.91 Å². The Hall–Kier alpha value is -4.70. The zero-order valence-corrected chi connectivity index (χ0v) is 22.0. The van der Waals surface area contributed by atoms with Gasteiger partial charge in [-0.3, -0.25) is 9.69 Å². The second-order valence-corrected chi connectivity index (χ2v) is 9.28. The van der Waals surface area contributed by atoms with E-state index in [-0.39, 0.29) is 24.8 Å². The highest BCUT2D eigenvalue weighted by molar-refractivity contribution is 8.18. The first-order valence-corrected chi connectivity index (χ1v) is 12.7. The summed E-state index contributed by atoms with van der Waals surface area (Å²) in [7, 11) is 2.82. The standard InChI is InChI=1S/C29H24N2O7S/c1-34-25-15-19(10-12-23(25)37-18-22-11-13-24(38-22)28(33)35-2)16-26-27(32)31(17-21-9-6-14-36-21)29(39-26)30-20-7-4-3-5-8-20/h3-16H,17-18H2,1-2H3. The van der Waals surface area contributed by atoms with E-state index in [2.05, 4.69) is 4.74 Å². The largest absolute Gasteiger partial charge is 0.493 e. The number of carbonyl (C=O) groups is 2. The molecular formula is C29H24N2O7S. The minimum atomic E-state index is -0.560. The molecule has 2 aromatic carbocycles. The fourth-order valence-electron chi connectivity index (χ4n) is 3.76. The Labute approximate surface area is 228 Å². The van der Waals surface area contributed by atoms with Crippen LogP contribution in [0.4, 0.5) is 5.69 Å². The zero-order valence-electron chi connectivity index (χ0n) is 21.2. The van der Waals surface area contributed by atoms with Crippen molar-refractivity contribution >= 4 is 40.6 Å². The van der Waals surface area contributed by atoms with Gasteiger partial charge in [0.2, 0.25) is 5.76 Å². The van der Waals surface area contributed by atoms with Gasteiger partial charge in [0.05, 0.1) is 37.6 Å². The Morgan fingerprint density at radius 3 is 2.59 bits per heavy atom. The maximum Gasteiger partial charge on any atom is 0.373 e. The molecule has 0 spiro atoms. The first-order valence-electron chi connectivity index (χ1n) is 11.9. The smallest absolute Gasteiger partial charge is 0.373 e. The lowest BCUT2D eigenvalue weighted by atomic mass is 10.2. The highest BCUT2D eigenvalue weighted by atomic mass is 32.2. The van der Waals surface area contributed by atoms with E-state index in [0.717, 1.165) is 11.3 Å². The van der Waals surface area contributed by atoms with Crippen molar-refractivity contribution in [2.24, 2.45) is 4.99 Å². The minimum absolute atomic E-state index is 0.0865. The van der Waals surface area contributed by atoms with Gasteiger partial charge in [-0.25, -0.2) is 9.79 Å². The van der Waals surface area contributed by atoms with Gasteiger partial charge in [-0.1, -0.05) is 24.3 Å². The molecule has 1 aliphatic heterocycles. The quantitative estimate of drug-likeness (QED) is 0.185. The number of benzene rings is 2. The average Bonchev–Trinajstić information content (AvgIpc) is 3.71. The van der Waals surface area contributed by atoms with Crippen molar-refractivity contribution < 1.29 is 32.6 Å². The molecule has 1 amide bonds. The van der Waals surface area contributed by atoms with Crippen LogP contribution in [0, 0.1) is 0 Å². The van der Waals surface area contributed by atoms with E-state index < -0.39 is 5.97 Å². The average molecular weight is 545 g/mol. The van der Waals surface area contributed by atoms with Crippen molar-refractivity contribution in [3.05, 3.63) is 107 Å². The molecule has 1 fully saturated rings. The van der Waals surface area contributed by atoms with Crippen LogP contribution in [0.5, 0.6) is 11.5 Å². The molecule has 5 rings (SSSR count). The van der Waals surface area contributed by atoms with E-state index in [0.29, 0.717) is 33.1 Å². The molecule has 3 heterocycles. The van der Waals surface area contributed by atoms with E-state index in [1.165, 1.54) is 32.0 Å². The van der Waals surface area contributed by atoms with Gasteiger partial charge in [-0.2, -0.15) is 0 Å². The minimum Gasteiger partial charge on any atom is -0.493 e. The number of nitrogens with zero attached hydrogens (tertiary/aromatic N) is 2. The molecule has 198 valence electrons. The Morgan fingerprint density at radius 2 is 1.85 bits per heavy atom. The fraction of sp³-hybridized carbons (Fsp3) is 0.138. The first kappa shape index (κ1) is 25.9. The van der Waals surface area contributed by atoms with Crippen LogP contribution in [-0.2, 0) is 22.7 Å². The first-order chi connectivity index (χ1) is 19.0. The molecule has 0 bridgehead atoms. The summed E-state index contributed by atoms with van der Waals surface area (Å²) in [5.74, 6) is 1.43. The van der Waals surface area contributed by atoms with Gasteiger partial charge < -0.3 is 23.0 Å². The van der Waals surface area contributed by atoms with Crippen LogP contribution in [0.25, 0.3) is 6.08 Å². The van der Waals surface area contributed by atoms with Crippen molar-refractivity contribution in [2.45, 2.75) is 13.2 Å². The second kappa shape index (κ2) is 11.8. The molecular weight excluding hydrogens is 520 g/mol. The van der Waals surface area contributed by atoms with Crippen molar-refractivity contribution in [3.8, 4) is 11.5 Å². The van der Waals surface area contributed by atoms with Gasteiger partial charge in [0.1, 0.15) is 18.1 Å². The number of esters is 1. The van der Waals surface area contributed by atoms with E-state index in [1.54, 1.807) is 41.5 Å². The van der Waals surface area contributed by atoms with Crippen LogP contribution < -0.4 is 9.47 Å². The van der Waals surface area contributed by atoms with Crippen LogP contribution >= 0.6 is 11.8 Å². The molecule has 0 aliphatic carbocycles. The van der Waals surface area contributed by atoms with Gasteiger partial charge in [-0.05, 0) is 71.9 Å². The summed E-state index contributed by atoms with van der Waals surface area (Å²) in [5, 5.41) is 0.561. The number of aliphatic imine (C=N–C) groups is 1. The summed E-state index contributed by atoms with van der Waals surface area (Å²) < 4.78 is 26.9. The lowest BCUT2D eigenvalue weighted by Gasteiger charge is -2.13. The Morgan fingerprint density at radius 1 is 1.00 bits per heavy atom. The van der Waals surface area contributed by atoms with Crippen LogP contribution in [-0.4, -0.2) is 36.2 Å². The van der Waals surface area contributed by atoms with Crippen molar-refractivity contribution in [1.82, 2.24) is 4.90 Å². The van der Waals surface area contributed by atoms with E-state index in [9.17, 15) is 9.59 Å². The van der Waals surface area contributed by atoms with Gasteiger partial charge in [0.15, 0.2) is 16.7 Å². The SMILES string of the molecule is COC(=O)c1ccc(COc2ccc(C=C3SC(=Nc4ccccc4)N(Cc4ccco4)C3=O)cc2OC)o1. The predicted molar refractivity (Wildman–Crippen MR) is 146 cm³/mol. The number of hydrogen-bond acceptors (Lipinski definition) is 9. The molecule has 1 saturated heterocycles. The Bertz CT molecular complexity index is 1520. The Balaban J connectivity index is 1.36. The number of carbonyl (C=O) groups excluding carboxylic acids is 2. The van der Waals surface area contributed by atoms with E-state index >= 15 is 0 Å². The second-order valence-electron chi connectivity index (χ2n) is 8.27. The highest BCUT2D eigenvalue weighted by Crippen LogP contribution is 2.37. The third-order valence-corrected chi connectivity index (χ3v) is 6.67. The number of ether oxygens (including phenoxy) is 3. The molecule has 9 nitrogen and oxygen atoms in total. The van der Waals surface area contributed by atoms with Gasteiger partial charge in [-0.15, -0.1) is 0 Å². The molecule has 0 saturated carbocycles. The molecule has 0 unspecified atom stereocenters. The number of amidine groups is 1. The van der Waals surface area contributed by atoms with Crippen LogP contribution in [0.3, 0.4) is 0 Å². The third-order valence-electron chi connectivity index (χ3n) is 5.67. The summed E-state index contributed by atoms with van der Waals surface area (Å²) in [5.41, 5.74) is 1.50. The zero-order chi connectivity index (χ0) is 27.2.